The number of unbranched alkanes of at least 4 members (excludes halogenated alkanes) is 4. The second-order valence-corrected chi connectivity index (χ2v) is 4.68. The Morgan fingerprint density at radius 1 is 1.05 bits per heavy atom. The Bertz CT molecular complexity index is 210. The van der Waals surface area contributed by atoms with E-state index in [1.54, 1.807) is 0 Å². The molecule has 1 unspecified atom stereocenters. The Morgan fingerprint density at radius 3 is 2.42 bits per heavy atom. The molecule has 19 heavy (non-hydrogen) atoms. The lowest BCUT2D eigenvalue weighted by atomic mass is 10.2. The second-order valence-electron chi connectivity index (χ2n) is 4.68. The van der Waals surface area contributed by atoms with Crippen LogP contribution in [0.25, 0.3) is 0 Å². The van der Waals surface area contributed by atoms with Crippen molar-refractivity contribution in [1.29, 1.82) is 0 Å². The van der Waals surface area contributed by atoms with Crippen molar-refractivity contribution in [3.63, 3.8) is 0 Å². The van der Waals surface area contributed by atoms with Gasteiger partial charge in [0.25, 0.3) is 0 Å². The minimum absolute atomic E-state index is 0.170. The standard InChI is InChI=1S/C15H31NO3/c1-4-7-8-9-10-12-18-13-11-14(16-5-2)15(17)19-6-3/h14,16H,4-13H2,1-3H3. The summed E-state index contributed by atoms with van der Waals surface area (Å²) in [5.74, 6) is -0.170. The number of carbonyl (C=O) groups is 1. The number of esters is 1. The van der Waals surface area contributed by atoms with E-state index in [1.807, 2.05) is 13.8 Å². The number of hydrogen-bond donors (Lipinski definition) is 1. The molecule has 0 aromatic carbocycles. The fraction of sp³-hybridized carbons (Fsp3) is 0.933. The van der Waals surface area contributed by atoms with Gasteiger partial charge in [-0.15, -0.1) is 0 Å². The summed E-state index contributed by atoms with van der Waals surface area (Å²) < 4.78 is 10.6. The van der Waals surface area contributed by atoms with Crippen LogP contribution in [0.1, 0.15) is 59.3 Å². The highest BCUT2D eigenvalue weighted by Gasteiger charge is 2.17. The highest BCUT2D eigenvalue weighted by atomic mass is 16.5. The molecule has 0 aliphatic heterocycles. The molecule has 0 rings (SSSR count). The van der Waals surface area contributed by atoms with Crippen LogP contribution in [0.3, 0.4) is 0 Å². The van der Waals surface area contributed by atoms with E-state index in [4.69, 9.17) is 9.47 Å². The fourth-order valence-electron chi connectivity index (χ4n) is 1.90. The zero-order valence-electron chi connectivity index (χ0n) is 12.9. The first-order chi connectivity index (χ1) is 9.26. The van der Waals surface area contributed by atoms with Crippen LogP contribution in [0, 0.1) is 0 Å². The van der Waals surface area contributed by atoms with Gasteiger partial charge in [-0.3, -0.25) is 4.79 Å². The van der Waals surface area contributed by atoms with Crippen LogP contribution in [0.15, 0.2) is 0 Å². The largest absolute Gasteiger partial charge is 0.465 e. The van der Waals surface area contributed by atoms with Crippen LogP contribution in [0.5, 0.6) is 0 Å². The quantitative estimate of drug-likeness (QED) is 0.414. The van der Waals surface area contributed by atoms with Gasteiger partial charge in [-0.05, 0) is 26.3 Å². The lowest BCUT2D eigenvalue weighted by Crippen LogP contribution is -2.38. The molecule has 0 aromatic rings. The summed E-state index contributed by atoms with van der Waals surface area (Å²) in [5.41, 5.74) is 0. The van der Waals surface area contributed by atoms with Gasteiger partial charge in [0.2, 0.25) is 0 Å². The maximum absolute atomic E-state index is 11.6. The van der Waals surface area contributed by atoms with Gasteiger partial charge in [-0.25, -0.2) is 0 Å². The molecule has 0 radical (unpaired) electrons. The van der Waals surface area contributed by atoms with E-state index in [-0.39, 0.29) is 12.0 Å². The molecule has 0 fully saturated rings. The summed E-state index contributed by atoms with van der Waals surface area (Å²) in [5, 5.41) is 3.13. The number of likely N-dealkylation sites (N-methyl/N-ethyl adjacent to an activating group) is 1. The van der Waals surface area contributed by atoms with E-state index in [0.29, 0.717) is 19.6 Å². The minimum Gasteiger partial charge on any atom is -0.465 e. The number of hydrogen-bond acceptors (Lipinski definition) is 4. The van der Waals surface area contributed by atoms with Crippen molar-refractivity contribution in [3.8, 4) is 0 Å². The number of carbonyl (C=O) groups excluding carboxylic acids is 1. The van der Waals surface area contributed by atoms with Crippen molar-refractivity contribution >= 4 is 5.97 Å². The SMILES string of the molecule is CCCCCCCOCCC(NCC)C(=O)OCC. The Labute approximate surface area is 118 Å². The van der Waals surface area contributed by atoms with Crippen LogP contribution in [0.2, 0.25) is 0 Å². The Hall–Kier alpha value is -0.610. The zero-order chi connectivity index (χ0) is 14.3. The van der Waals surface area contributed by atoms with Crippen LogP contribution < -0.4 is 5.32 Å². The Balaban J connectivity index is 3.55. The zero-order valence-corrected chi connectivity index (χ0v) is 12.9. The molecule has 0 heterocycles. The summed E-state index contributed by atoms with van der Waals surface area (Å²) in [4.78, 5) is 11.6. The van der Waals surface area contributed by atoms with Crippen LogP contribution in [0.4, 0.5) is 0 Å². The Morgan fingerprint density at radius 2 is 1.79 bits per heavy atom. The molecular weight excluding hydrogens is 242 g/mol. The van der Waals surface area contributed by atoms with Gasteiger partial charge >= 0.3 is 5.97 Å². The molecular formula is C15H31NO3. The summed E-state index contributed by atoms with van der Waals surface area (Å²) >= 11 is 0. The first kappa shape index (κ1) is 18.4. The fourth-order valence-corrected chi connectivity index (χ4v) is 1.90. The highest BCUT2D eigenvalue weighted by molar-refractivity contribution is 5.75. The lowest BCUT2D eigenvalue weighted by molar-refractivity contribution is -0.146. The summed E-state index contributed by atoms with van der Waals surface area (Å²) in [7, 11) is 0. The molecule has 0 saturated heterocycles. The third-order valence-corrected chi connectivity index (χ3v) is 2.96. The molecule has 114 valence electrons. The van der Waals surface area contributed by atoms with Crippen molar-refractivity contribution in [2.45, 2.75) is 65.3 Å². The predicted molar refractivity (Wildman–Crippen MR) is 78.3 cm³/mol. The molecule has 0 aliphatic carbocycles. The molecule has 0 aliphatic rings. The molecule has 0 aromatic heterocycles. The summed E-state index contributed by atoms with van der Waals surface area (Å²) in [6, 6.07) is -0.231. The maximum Gasteiger partial charge on any atom is 0.323 e. The van der Waals surface area contributed by atoms with Crippen molar-refractivity contribution in [2.75, 3.05) is 26.4 Å². The smallest absolute Gasteiger partial charge is 0.323 e. The van der Waals surface area contributed by atoms with Crippen molar-refractivity contribution in [1.82, 2.24) is 5.32 Å². The van der Waals surface area contributed by atoms with E-state index in [2.05, 4.69) is 12.2 Å². The molecule has 0 amide bonds. The first-order valence-corrected chi connectivity index (χ1v) is 7.73. The van der Waals surface area contributed by atoms with E-state index in [9.17, 15) is 4.79 Å². The molecule has 0 saturated carbocycles. The second kappa shape index (κ2) is 13.8. The number of rotatable bonds is 13. The topological polar surface area (TPSA) is 47.6 Å². The lowest BCUT2D eigenvalue weighted by Gasteiger charge is -2.16. The number of nitrogens with one attached hydrogen (secondary N) is 1. The van der Waals surface area contributed by atoms with Gasteiger partial charge in [-0.2, -0.15) is 0 Å². The van der Waals surface area contributed by atoms with E-state index in [1.165, 1.54) is 25.7 Å². The molecule has 1 atom stereocenters. The molecule has 1 N–H and O–H groups in total. The van der Waals surface area contributed by atoms with E-state index in [0.717, 1.165) is 19.6 Å². The van der Waals surface area contributed by atoms with Crippen LogP contribution >= 0.6 is 0 Å². The monoisotopic (exact) mass is 273 g/mol. The predicted octanol–water partition coefficient (Wildman–Crippen LogP) is 2.90. The van der Waals surface area contributed by atoms with Gasteiger partial charge in [0, 0.05) is 13.2 Å². The first-order valence-electron chi connectivity index (χ1n) is 7.73. The molecule has 4 heteroatoms. The third kappa shape index (κ3) is 11.0. The molecule has 0 spiro atoms. The average Bonchev–Trinajstić information content (AvgIpc) is 2.40. The van der Waals surface area contributed by atoms with Gasteiger partial charge in [0.15, 0.2) is 0 Å². The van der Waals surface area contributed by atoms with Gasteiger partial charge in [0.1, 0.15) is 6.04 Å². The third-order valence-electron chi connectivity index (χ3n) is 2.96. The minimum atomic E-state index is -0.231. The highest BCUT2D eigenvalue weighted by Crippen LogP contribution is 2.03. The van der Waals surface area contributed by atoms with Crippen molar-refractivity contribution in [3.05, 3.63) is 0 Å². The number of ether oxygens (including phenoxy) is 2. The van der Waals surface area contributed by atoms with E-state index < -0.39 is 0 Å². The van der Waals surface area contributed by atoms with Gasteiger partial charge < -0.3 is 14.8 Å². The van der Waals surface area contributed by atoms with Crippen molar-refractivity contribution in [2.24, 2.45) is 0 Å². The molecule has 4 nitrogen and oxygen atoms in total. The normalized spacial score (nSPS) is 12.4. The summed E-state index contributed by atoms with van der Waals surface area (Å²) in [6.07, 6.45) is 6.91. The molecule has 0 bridgehead atoms. The van der Waals surface area contributed by atoms with Crippen LogP contribution in [-0.2, 0) is 14.3 Å². The Kier molecular flexibility index (Phi) is 13.4. The van der Waals surface area contributed by atoms with Crippen molar-refractivity contribution < 1.29 is 14.3 Å². The van der Waals surface area contributed by atoms with Crippen LogP contribution in [-0.4, -0.2) is 38.4 Å². The average molecular weight is 273 g/mol. The van der Waals surface area contributed by atoms with E-state index >= 15 is 0 Å². The summed E-state index contributed by atoms with van der Waals surface area (Å²) in [6.45, 7) is 8.64. The maximum atomic E-state index is 11.6. The van der Waals surface area contributed by atoms with Gasteiger partial charge in [0.05, 0.1) is 6.61 Å². The van der Waals surface area contributed by atoms with Gasteiger partial charge in [-0.1, -0.05) is 39.5 Å².